The van der Waals surface area contributed by atoms with Gasteiger partial charge in [0, 0.05) is 19.6 Å². The first-order valence-electron chi connectivity index (χ1n) is 6.83. The van der Waals surface area contributed by atoms with Gasteiger partial charge in [-0.05, 0) is 48.8 Å². The van der Waals surface area contributed by atoms with Crippen LogP contribution in [0.2, 0.25) is 0 Å². The number of piperidine rings is 2. The van der Waals surface area contributed by atoms with E-state index < -0.39 is 0 Å². The monoisotopic (exact) mass is 230 g/mol. The Kier molecular flexibility index (Phi) is 3.17. The second kappa shape index (κ2) is 4.79. The quantitative estimate of drug-likeness (QED) is 0.857. The molecule has 1 saturated carbocycles. The molecule has 3 aliphatic rings. The predicted molar refractivity (Wildman–Crippen MR) is 70.7 cm³/mol. The van der Waals surface area contributed by atoms with E-state index in [4.69, 9.17) is 5.73 Å². The Labute approximate surface area is 104 Å². The number of rotatable bonds is 4. The number of hydrogen-bond donors (Lipinski definition) is 1. The highest BCUT2D eigenvalue weighted by molar-refractivity contribution is 5.22. The third-order valence-corrected chi connectivity index (χ3v) is 4.23. The second-order valence-electron chi connectivity index (χ2n) is 5.75. The first-order chi connectivity index (χ1) is 8.33. The summed E-state index contributed by atoms with van der Waals surface area (Å²) >= 11 is 0. The third kappa shape index (κ3) is 2.53. The van der Waals surface area contributed by atoms with Crippen molar-refractivity contribution >= 4 is 0 Å². The van der Waals surface area contributed by atoms with E-state index in [1.165, 1.54) is 37.1 Å². The molecule has 0 atom stereocenters. The van der Waals surface area contributed by atoms with E-state index in [1.54, 1.807) is 0 Å². The Hall–Kier alpha value is -0.860. The summed E-state index contributed by atoms with van der Waals surface area (Å²) in [6.45, 7) is 4.52. The summed E-state index contributed by atoms with van der Waals surface area (Å²) in [5.74, 6) is 2.01. The molecule has 2 nitrogen and oxygen atoms in total. The zero-order valence-corrected chi connectivity index (χ0v) is 10.4. The van der Waals surface area contributed by atoms with Gasteiger partial charge in [-0.2, -0.15) is 0 Å². The Morgan fingerprint density at radius 2 is 1.59 bits per heavy atom. The van der Waals surface area contributed by atoms with E-state index >= 15 is 0 Å². The Morgan fingerprint density at radius 1 is 1.00 bits per heavy atom. The van der Waals surface area contributed by atoms with Gasteiger partial charge in [0.15, 0.2) is 0 Å². The average Bonchev–Trinajstić information content (AvgIpc) is 2.31. The minimum absolute atomic E-state index is 0.745. The van der Waals surface area contributed by atoms with Crippen LogP contribution in [0.25, 0.3) is 0 Å². The number of fused-ring (bicyclic) bond motifs is 2. The van der Waals surface area contributed by atoms with Gasteiger partial charge >= 0.3 is 0 Å². The van der Waals surface area contributed by atoms with Crippen LogP contribution in [-0.4, -0.2) is 24.5 Å². The van der Waals surface area contributed by atoms with Gasteiger partial charge < -0.3 is 5.73 Å². The molecular weight excluding hydrogens is 208 g/mol. The first kappa shape index (κ1) is 11.2. The van der Waals surface area contributed by atoms with Crippen molar-refractivity contribution in [1.82, 2.24) is 4.90 Å². The van der Waals surface area contributed by atoms with Gasteiger partial charge in [0.1, 0.15) is 0 Å². The lowest BCUT2D eigenvalue weighted by molar-refractivity contribution is 0.0228. The molecule has 2 heterocycles. The summed E-state index contributed by atoms with van der Waals surface area (Å²) in [4.78, 5) is 2.63. The van der Waals surface area contributed by atoms with Crippen LogP contribution in [-0.2, 0) is 13.0 Å². The molecule has 2 heteroatoms. The van der Waals surface area contributed by atoms with Gasteiger partial charge in [-0.15, -0.1) is 0 Å². The van der Waals surface area contributed by atoms with Gasteiger partial charge in [-0.25, -0.2) is 0 Å². The fraction of sp³-hybridized carbons (Fsp3) is 0.600. The summed E-state index contributed by atoms with van der Waals surface area (Å²) < 4.78 is 0. The fourth-order valence-corrected chi connectivity index (χ4v) is 3.34. The van der Waals surface area contributed by atoms with E-state index in [0.29, 0.717) is 0 Å². The van der Waals surface area contributed by atoms with Crippen molar-refractivity contribution in [2.24, 2.45) is 17.6 Å². The number of nitrogens with two attached hydrogens (primary N) is 1. The Morgan fingerprint density at radius 3 is 2.18 bits per heavy atom. The van der Waals surface area contributed by atoms with Crippen LogP contribution in [0.15, 0.2) is 24.3 Å². The highest BCUT2D eigenvalue weighted by atomic mass is 15.1. The van der Waals surface area contributed by atoms with Crippen molar-refractivity contribution < 1.29 is 0 Å². The molecule has 2 bridgehead atoms. The summed E-state index contributed by atoms with van der Waals surface area (Å²) in [7, 11) is 0. The molecule has 1 aromatic carbocycles. The van der Waals surface area contributed by atoms with Crippen LogP contribution in [0.5, 0.6) is 0 Å². The van der Waals surface area contributed by atoms with Crippen molar-refractivity contribution in [3.8, 4) is 0 Å². The lowest BCUT2D eigenvalue weighted by atomic mass is 9.71. The van der Waals surface area contributed by atoms with E-state index in [2.05, 4.69) is 29.2 Å². The molecule has 0 unspecified atom stereocenters. The zero-order chi connectivity index (χ0) is 11.7. The van der Waals surface area contributed by atoms with Crippen molar-refractivity contribution in [2.45, 2.75) is 25.8 Å². The largest absolute Gasteiger partial charge is 0.330 e. The van der Waals surface area contributed by atoms with Gasteiger partial charge in [0.2, 0.25) is 0 Å². The predicted octanol–water partition coefficient (Wildman–Crippen LogP) is 2.03. The Bertz CT molecular complexity index is 355. The van der Waals surface area contributed by atoms with Crippen LogP contribution in [0, 0.1) is 11.8 Å². The maximum Gasteiger partial charge on any atom is 0.0233 e. The third-order valence-electron chi connectivity index (χ3n) is 4.23. The molecule has 0 spiro atoms. The molecule has 1 aromatic rings. The van der Waals surface area contributed by atoms with Gasteiger partial charge in [-0.3, -0.25) is 4.90 Å². The molecule has 2 saturated heterocycles. The van der Waals surface area contributed by atoms with Crippen molar-refractivity contribution in [1.29, 1.82) is 0 Å². The van der Waals surface area contributed by atoms with Crippen molar-refractivity contribution in [2.75, 3.05) is 19.6 Å². The minimum atomic E-state index is 0.745. The maximum absolute atomic E-state index is 5.56. The molecule has 92 valence electrons. The molecule has 0 aromatic heterocycles. The molecule has 2 N–H and O–H groups in total. The summed E-state index contributed by atoms with van der Waals surface area (Å²) in [5.41, 5.74) is 8.37. The first-order valence-corrected chi connectivity index (χ1v) is 6.83. The van der Waals surface area contributed by atoms with Crippen molar-refractivity contribution in [3.05, 3.63) is 35.4 Å². The van der Waals surface area contributed by atoms with Crippen LogP contribution < -0.4 is 5.73 Å². The highest BCUT2D eigenvalue weighted by Crippen LogP contribution is 2.39. The maximum atomic E-state index is 5.56. The van der Waals surface area contributed by atoms with E-state index in [-0.39, 0.29) is 0 Å². The summed E-state index contributed by atoms with van der Waals surface area (Å²) in [5, 5.41) is 0. The lowest BCUT2D eigenvalue weighted by Crippen LogP contribution is -2.47. The lowest BCUT2D eigenvalue weighted by Gasteiger charge is -2.47. The molecule has 3 fully saturated rings. The zero-order valence-electron chi connectivity index (χ0n) is 10.4. The SMILES string of the molecule is NCCc1ccc(CN2CC3CC(C3)C2)cc1. The number of nitrogens with zero attached hydrogens (tertiary/aromatic N) is 1. The topological polar surface area (TPSA) is 29.3 Å². The normalized spacial score (nSPS) is 27.8. The van der Waals surface area contributed by atoms with Gasteiger partial charge in [0.05, 0.1) is 0 Å². The highest BCUT2D eigenvalue weighted by Gasteiger charge is 2.36. The summed E-state index contributed by atoms with van der Waals surface area (Å²) in [6.07, 6.45) is 3.98. The van der Waals surface area contributed by atoms with Crippen LogP contribution >= 0.6 is 0 Å². The van der Waals surface area contributed by atoms with E-state index in [9.17, 15) is 0 Å². The molecule has 17 heavy (non-hydrogen) atoms. The fourth-order valence-electron chi connectivity index (χ4n) is 3.34. The van der Waals surface area contributed by atoms with Crippen LogP contribution in [0.4, 0.5) is 0 Å². The van der Waals surface area contributed by atoms with Gasteiger partial charge in [-0.1, -0.05) is 24.3 Å². The average molecular weight is 230 g/mol. The van der Waals surface area contributed by atoms with Crippen LogP contribution in [0.1, 0.15) is 24.0 Å². The van der Waals surface area contributed by atoms with Crippen molar-refractivity contribution in [3.63, 3.8) is 0 Å². The van der Waals surface area contributed by atoms with Gasteiger partial charge in [0.25, 0.3) is 0 Å². The standard InChI is InChI=1S/C15H22N2/c16-6-5-12-1-3-13(4-2-12)9-17-10-14-7-15(8-14)11-17/h1-4,14-15H,5-11,16H2. The van der Waals surface area contributed by atoms with E-state index in [1.807, 2.05) is 0 Å². The molecule has 2 aliphatic heterocycles. The molecule has 0 amide bonds. The number of benzene rings is 1. The minimum Gasteiger partial charge on any atom is -0.330 e. The molecule has 0 radical (unpaired) electrons. The molecular formula is C15H22N2. The smallest absolute Gasteiger partial charge is 0.0233 e. The molecule has 4 rings (SSSR count). The molecule has 1 aliphatic carbocycles. The second-order valence-corrected chi connectivity index (χ2v) is 5.75. The Balaban J connectivity index is 1.57. The number of hydrogen-bond acceptors (Lipinski definition) is 2. The van der Waals surface area contributed by atoms with E-state index in [0.717, 1.165) is 31.3 Å². The van der Waals surface area contributed by atoms with Crippen LogP contribution in [0.3, 0.4) is 0 Å². The summed E-state index contributed by atoms with van der Waals surface area (Å²) in [6, 6.07) is 9.00.